The van der Waals surface area contributed by atoms with E-state index >= 15 is 0 Å². The van der Waals surface area contributed by atoms with Crippen molar-refractivity contribution >= 4 is 17.3 Å². The predicted octanol–water partition coefficient (Wildman–Crippen LogP) is 2.53. The van der Waals surface area contributed by atoms with Crippen molar-refractivity contribution in [2.24, 2.45) is 0 Å². The van der Waals surface area contributed by atoms with Gasteiger partial charge < -0.3 is 5.32 Å². The van der Waals surface area contributed by atoms with Gasteiger partial charge in [0.15, 0.2) is 0 Å². The summed E-state index contributed by atoms with van der Waals surface area (Å²) in [6.45, 7) is 1.92. The molecule has 96 valence electrons. The largest absolute Gasteiger partial charge is 0.323 e. The molecule has 0 saturated carbocycles. The molecule has 0 atom stereocenters. The summed E-state index contributed by atoms with van der Waals surface area (Å²) in [4.78, 5) is 24.0. The molecule has 0 heterocycles. The Kier molecular flexibility index (Phi) is 3.82. The molecule has 0 aliphatic heterocycles. The van der Waals surface area contributed by atoms with Gasteiger partial charge in [0.05, 0.1) is 5.70 Å². The van der Waals surface area contributed by atoms with Crippen LogP contribution in [-0.4, -0.2) is 11.7 Å². The molecule has 0 radical (unpaired) electrons. The summed E-state index contributed by atoms with van der Waals surface area (Å²) in [5.41, 5.74) is 2.53. The number of terminal acetylenes is 1. The van der Waals surface area contributed by atoms with E-state index in [0.29, 0.717) is 24.1 Å². The van der Waals surface area contributed by atoms with Crippen LogP contribution < -0.4 is 5.32 Å². The third-order valence-corrected chi connectivity index (χ3v) is 3.05. The minimum absolute atomic E-state index is 0.145. The van der Waals surface area contributed by atoms with Crippen molar-refractivity contribution in [3.63, 3.8) is 0 Å². The summed E-state index contributed by atoms with van der Waals surface area (Å²) in [6.07, 6.45) is 6.83. The molecule has 3 heteroatoms. The zero-order valence-electron chi connectivity index (χ0n) is 10.8. The molecule has 0 aromatic heterocycles. The fourth-order valence-corrected chi connectivity index (χ4v) is 2.20. The highest BCUT2D eigenvalue weighted by molar-refractivity contribution is 6.21. The molecule has 2 rings (SSSR count). The second kappa shape index (κ2) is 5.53. The first kappa shape index (κ1) is 13.1. The Bertz CT molecular complexity index is 605. The lowest BCUT2D eigenvalue weighted by atomic mass is 10.0. The maximum absolute atomic E-state index is 12.3. The van der Waals surface area contributed by atoms with Gasteiger partial charge in [0.2, 0.25) is 11.7 Å². The van der Waals surface area contributed by atoms with Crippen molar-refractivity contribution in [3.05, 3.63) is 41.1 Å². The Morgan fingerprint density at radius 2 is 2.00 bits per heavy atom. The molecule has 0 saturated heterocycles. The molecule has 1 aliphatic rings. The fraction of sp³-hybridized carbons (Fsp3) is 0.250. The highest BCUT2D eigenvalue weighted by Crippen LogP contribution is 2.33. The third-order valence-electron chi connectivity index (χ3n) is 3.05. The first-order valence-electron chi connectivity index (χ1n) is 6.29. The van der Waals surface area contributed by atoms with E-state index < -0.39 is 0 Å². The Morgan fingerprint density at radius 3 is 2.63 bits per heavy atom. The van der Waals surface area contributed by atoms with Crippen LogP contribution in [0.1, 0.15) is 42.1 Å². The second-order valence-corrected chi connectivity index (χ2v) is 4.41. The average molecular weight is 253 g/mol. The molecule has 0 fully saturated rings. The number of ketones is 1. The Morgan fingerprint density at radius 1 is 1.32 bits per heavy atom. The molecule has 1 amide bonds. The highest BCUT2D eigenvalue weighted by Gasteiger charge is 2.29. The summed E-state index contributed by atoms with van der Waals surface area (Å²) >= 11 is 0. The van der Waals surface area contributed by atoms with Crippen molar-refractivity contribution in [3.8, 4) is 12.3 Å². The summed E-state index contributed by atoms with van der Waals surface area (Å²) in [5.74, 6) is 2.25. The maximum atomic E-state index is 12.3. The van der Waals surface area contributed by atoms with Crippen LogP contribution >= 0.6 is 0 Å². The quantitative estimate of drug-likeness (QED) is 0.838. The first-order valence-corrected chi connectivity index (χ1v) is 6.29. The van der Waals surface area contributed by atoms with Crippen molar-refractivity contribution in [2.75, 3.05) is 0 Å². The Labute approximate surface area is 112 Å². The van der Waals surface area contributed by atoms with E-state index in [9.17, 15) is 9.59 Å². The van der Waals surface area contributed by atoms with E-state index in [1.165, 1.54) is 0 Å². The molecule has 19 heavy (non-hydrogen) atoms. The van der Waals surface area contributed by atoms with Crippen LogP contribution in [-0.2, 0) is 4.79 Å². The molecular weight excluding hydrogens is 238 g/mol. The van der Waals surface area contributed by atoms with Crippen LogP contribution in [0.4, 0.5) is 0 Å². The number of rotatable bonds is 4. The van der Waals surface area contributed by atoms with Gasteiger partial charge in [-0.1, -0.05) is 31.2 Å². The van der Waals surface area contributed by atoms with E-state index in [1.54, 1.807) is 12.1 Å². The number of hydrogen-bond acceptors (Lipinski definition) is 2. The van der Waals surface area contributed by atoms with E-state index in [-0.39, 0.29) is 11.7 Å². The maximum Gasteiger partial charge on any atom is 0.224 e. The smallest absolute Gasteiger partial charge is 0.224 e. The van der Waals surface area contributed by atoms with E-state index in [2.05, 4.69) is 11.2 Å². The summed E-state index contributed by atoms with van der Waals surface area (Å²) in [6, 6.07) is 7.28. The number of nitrogens with one attached hydrogen (secondary N) is 1. The Hall–Kier alpha value is -2.34. The number of hydrogen-bond donors (Lipinski definition) is 1. The molecule has 1 N–H and O–H groups in total. The van der Waals surface area contributed by atoms with Gasteiger partial charge in [0.25, 0.3) is 0 Å². The summed E-state index contributed by atoms with van der Waals surface area (Å²) < 4.78 is 0. The van der Waals surface area contributed by atoms with Gasteiger partial charge in [-0.05, 0) is 17.6 Å². The van der Waals surface area contributed by atoms with Crippen LogP contribution in [0.5, 0.6) is 0 Å². The zero-order valence-corrected chi connectivity index (χ0v) is 10.8. The van der Waals surface area contributed by atoms with Crippen LogP contribution in [0.3, 0.4) is 0 Å². The predicted molar refractivity (Wildman–Crippen MR) is 74.2 cm³/mol. The number of allylic oxidation sites excluding steroid dienone is 2. The van der Waals surface area contributed by atoms with Crippen molar-refractivity contribution in [1.82, 2.24) is 5.32 Å². The molecule has 1 aliphatic carbocycles. The minimum atomic E-state index is -0.148. The molecule has 3 nitrogen and oxygen atoms in total. The first-order chi connectivity index (χ1) is 9.19. The van der Waals surface area contributed by atoms with Crippen molar-refractivity contribution in [1.29, 1.82) is 0 Å². The number of carbonyl (C=O) groups is 2. The normalized spacial score (nSPS) is 13.2. The van der Waals surface area contributed by atoms with Gasteiger partial charge in [-0.3, -0.25) is 9.59 Å². The molecule has 0 unspecified atom stereocenters. The lowest BCUT2D eigenvalue weighted by molar-refractivity contribution is -0.120. The number of Topliss-reactive ketones (excluding diaryl/α,β-unsaturated/α-hetero) is 1. The lowest BCUT2D eigenvalue weighted by Gasteiger charge is -2.06. The average Bonchev–Trinajstić information content (AvgIpc) is 2.66. The van der Waals surface area contributed by atoms with E-state index in [0.717, 1.165) is 17.6 Å². The molecule has 0 bridgehead atoms. The second-order valence-electron chi connectivity index (χ2n) is 4.41. The SMILES string of the molecule is C#CCC1=C(NC(=O)CCC)C(=O)c2ccccc21. The number of amides is 1. The fourth-order valence-electron chi connectivity index (χ4n) is 2.20. The number of benzene rings is 1. The number of carbonyl (C=O) groups excluding carboxylic acids is 2. The van der Waals surface area contributed by atoms with E-state index in [1.807, 2.05) is 19.1 Å². The van der Waals surface area contributed by atoms with E-state index in [4.69, 9.17) is 6.42 Å². The molecule has 1 aromatic carbocycles. The van der Waals surface area contributed by atoms with Crippen molar-refractivity contribution in [2.45, 2.75) is 26.2 Å². The Balaban J connectivity index is 2.39. The molecular formula is C16H15NO2. The van der Waals surface area contributed by atoms with Gasteiger partial charge in [-0.2, -0.15) is 0 Å². The minimum Gasteiger partial charge on any atom is -0.323 e. The van der Waals surface area contributed by atoms with Crippen molar-refractivity contribution < 1.29 is 9.59 Å². The van der Waals surface area contributed by atoms with Gasteiger partial charge >= 0.3 is 0 Å². The van der Waals surface area contributed by atoms with Gasteiger partial charge in [-0.15, -0.1) is 12.3 Å². The monoisotopic (exact) mass is 253 g/mol. The summed E-state index contributed by atoms with van der Waals surface area (Å²) in [5, 5.41) is 2.71. The third kappa shape index (κ3) is 2.43. The van der Waals surface area contributed by atoms with Crippen LogP contribution in [0.15, 0.2) is 30.0 Å². The van der Waals surface area contributed by atoms with Crippen LogP contribution in [0.2, 0.25) is 0 Å². The molecule has 0 spiro atoms. The standard InChI is InChI=1S/C16H15NO2/c1-3-7-12-11-9-5-6-10-13(11)16(19)15(12)17-14(18)8-4-2/h1,5-6,9-10H,4,7-8H2,2H3,(H,17,18,19). The van der Waals surface area contributed by atoms with Gasteiger partial charge in [-0.25, -0.2) is 0 Å². The van der Waals surface area contributed by atoms with Crippen LogP contribution in [0, 0.1) is 12.3 Å². The van der Waals surface area contributed by atoms with Gasteiger partial charge in [0.1, 0.15) is 0 Å². The van der Waals surface area contributed by atoms with Gasteiger partial charge in [0, 0.05) is 18.4 Å². The van der Waals surface area contributed by atoms with Crippen LogP contribution in [0.25, 0.3) is 5.57 Å². The lowest BCUT2D eigenvalue weighted by Crippen LogP contribution is -2.26. The highest BCUT2D eigenvalue weighted by atomic mass is 16.2. The topological polar surface area (TPSA) is 46.2 Å². The zero-order chi connectivity index (χ0) is 13.8. The summed E-state index contributed by atoms with van der Waals surface area (Å²) in [7, 11) is 0. The number of fused-ring (bicyclic) bond motifs is 1. The molecule has 1 aromatic rings.